The first kappa shape index (κ1) is 15.6. The Balaban J connectivity index is 1.53. The fourth-order valence-electron chi connectivity index (χ4n) is 2.95. The molecule has 3 amide bonds. The number of carbonyl (C=O) groups excluding carboxylic acids is 2. The molecular formula is C17H23N3O3. The lowest BCUT2D eigenvalue weighted by Gasteiger charge is -2.31. The van der Waals surface area contributed by atoms with Gasteiger partial charge in [-0.1, -0.05) is 0 Å². The Bertz CT molecular complexity index is 567. The summed E-state index contributed by atoms with van der Waals surface area (Å²) in [6.07, 6.45) is 5.04. The third-order valence-electron chi connectivity index (χ3n) is 4.45. The predicted octanol–water partition coefficient (Wildman–Crippen LogP) is 2.31. The monoisotopic (exact) mass is 317 g/mol. The molecule has 0 atom stereocenters. The average molecular weight is 317 g/mol. The Morgan fingerprint density at radius 2 is 1.87 bits per heavy atom. The van der Waals surface area contributed by atoms with Crippen molar-refractivity contribution < 1.29 is 14.3 Å². The van der Waals surface area contributed by atoms with E-state index in [2.05, 4.69) is 5.32 Å². The van der Waals surface area contributed by atoms with Crippen molar-refractivity contribution in [1.82, 2.24) is 9.80 Å². The zero-order valence-electron chi connectivity index (χ0n) is 13.5. The number of carbonyl (C=O) groups is 2. The Kier molecular flexibility index (Phi) is 4.69. The van der Waals surface area contributed by atoms with Gasteiger partial charge in [0.25, 0.3) is 0 Å². The molecule has 0 spiro atoms. The highest BCUT2D eigenvalue weighted by molar-refractivity contribution is 5.93. The lowest BCUT2D eigenvalue weighted by atomic mass is 10.2. The Morgan fingerprint density at radius 1 is 1.17 bits per heavy atom. The van der Waals surface area contributed by atoms with Crippen molar-refractivity contribution in [2.24, 2.45) is 0 Å². The van der Waals surface area contributed by atoms with Crippen molar-refractivity contribution in [3.63, 3.8) is 0 Å². The van der Waals surface area contributed by atoms with Crippen LogP contribution < -0.4 is 10.1 Å². The lowest BCUT2D eigenvalue weighted by molar-refractivity contribution is -0.133. The van der Waals surface area contributed by atoms with Gasteiger partial charge in [-0.3, -0.25) is 4.79 Å². The van der Waals surface area contributed by atoms with E-state index in [1.807, 2.05) is 24.3 Å². The van der Waals surface area contributed by atoms with Gasteiger partial charge in [0.1, 0.15) is 12.3 Å². The minimum atomic E-state index is -0.240. The first-order valence-corrected chi connectivity index (χ1v) is 8.18. The van der Waals surface area contributed by atoms with Crippen LogP contribution in [0.15, 0.2) is 24.3 Å². The van der Waals surface area contributed by atoms with Gasteiger partial charge in [-0.2, -0.15) is 0 Å². The zero-order chi connectivity index (χ0) is 16.2. The van der Waals surface area contributed by atoms with E-state index in [4.69, 9.17) is 4.74 Å². The first-order chi connectivity index (χ1) is 11.1. The highest BCUT2D eigenvalue weighted by atomic mass is 16.5. The van der Waals surface area contributed by atoms with Crippen molar-refractivity contribution >= 4 is 17.6 Å². The zero-order valence-corrected chi connectivity index (χ0v) is 13.5. The summed E-state index contributed by atoms with van der Waals surface area (Å²) in [5, 5.41) is 2.83. The van der Waals surface area contributed by atoms with Gasteiger partial charge < -0.3 is 19.9 Å². The molecule has 0 bridgehead atoms. The summed E-state index contributed by atoms with van der Waals surface area (Å²) in [5.74, 6) is 0.802. The van der Waals surface area contributed by atoms with E-state index in [9.17, 15) is 9.59 Å². The van der Waals surface area contributed by atoms with Gasteiger partial charge in [0.05, 0.1) is 6.10 Å². The summed E-state index contributed by atoms with van der Waals surface area (Å²) < 4.78 is 5.90. The lowest BCUT2D eigenvalue weighted by Crippen LogP contribution is -2.51. The van der Waals surface area contributed by atoms with E-state index in [1.165, 1.54) is 17.7 Å². The molecule has 1 aliphatic carbocycles. The van der Waals surface area contributed by atoms with Gasteiger partial charge in [-0.25, -0.2) is 4.79 Å². The van der Waals surface area contributed by atoms with Gasteiger partial charge in [0.2, 0.25) is 5.91 Å². The third kappa shape index (κ3) is 3.94. The second-order valence-corrected chi connectivity index (χ2v) is 6.22. The van der Waals surface area contributed by atoms with Crippen LogP contribution in [0, 0.1) is 0 Å². The maximum Gasteiger partial charge on any atom is 0.322 e. The molecule has 1 saturated carbocycles. The number of rotatable bonds is 3. The molecule has 6 nitrogen and oxygen atoms in total. The number of amides is 3. The standard InChI is InChI=1S/C17H23N3O3/c1-19-10-11-20(12-16(19)21)17(22)18-13-6-8-15(9-7-13)23-14-4-2-3-5-14/h6-9,14H,2-5,10-12H2,1H3,(H,18,22). The summed E-state index contributed by atoms with van der Waals surface area (Å²) in [5.41, 5.74) is 0.708. The summed E-state index contributed by atoms with van der Waals surface area (Å²) >= 11 is 0. The molecule has 6 heteroatoms. The highest BCUT2D eigenvalue weighted by Gasteiger charge is 2.24. The van der Waals surface area contributed by atoms with Gasteiger partial charge in [0.15, 0.2) is 0 Å². The molecule has 0 aromatic heterocycles. The van der Waals surface area contributed by atoms with E-state index in [-0.39, 0.29) is 18.5 Å². The second kappa shape index (κ2) is 6.89. The van der Waals surface area contributed by atoms with Crippen LogP contribution in [0.5, 0.6) is 5.75 Å². The first-order valence-electron chi connectivity index (χ1n) is 8.18. The van der Waals surface area contributed by atoms with Crippen LogP contribution in [0.25, 0.3) is 0 Å². The number of hydrogen-bond donors (Lipinski definition) is 1. The predicted molar refractivity (Wildman–Crippen MR) is 87.6 cm³/mol. The van der Waals surface area contributed by atoms with Crippen LogP contribution in [-0.2, 0) is 4.79 Å². The van der Waals surface area contributed by atoms with Crippen molar-refractivity contribution in [3.8, 4) is 5.75 Å². The van der Waals surface area contributed by atoms with Gasteiger partial charge in [0, 0.05) is 25.8 Å². The molecule has 124 valence electrons. The number of likely N-dealkylation sites (N-methyl/N-ethyl adjacent to an activating group) is 1. The Hall–Kier alpha value is -2.24. The molecule has 2 aliphatic rings. The minimum Gasteiger partial charge on any atom is -0.490 e. The maximum atomic E-state index is 12.2. The number of urea groups is 1. The van der Waals surface area contributed by atoms with E-state index >= 15 is 0 Å². The SMILES string of the molecule is CN1CCN(C(=O)Nc2ccc(OC3CCCC3)cc2)CC1=O. The number of benzene rings is 1. The molecule has 0 radical (unpaired) electrons. The van der Waals surface area contributed by atoms with Crippen molar-refractivity contribution in [1.29, 1.82) is 0 Å². The fourth-order valence-corrected chi connectivity index (χ4v) is 2.95. The molecule has 3 rings (SSSR count). The van der Waals surface area contributed by atoms with E-state index in [1.54, 1.807) is 11.9 Å². The normalized spacial score (nSPS) is 19.1. The number of nitrogens with zero attached hydrogens (tertiary/aromatic N) is 2. The topological polar surface area (TPSA) is 61.9 Å². The van der Waals surface area contributed by atoms with Crippen LogP contribution in [0.3, 0.4) is 0 Å². The van der Waals surface area contributed by atoms with E-state index in [0.29, 0.717) is 24.9 Å². The fraction of sp³-hybridized carbons (Fsp3) is 0.529. The summed E-state index contributed by atoms with van der Waals surface area (Å²) in [6, 6.07) is 7.18. The number of anilines is 1. The number of hydrogen-bond acceptors (Lipinski definition) is 3. The highest BCUT2D eigenvalue weighted by Crippen LogP contribution is 2.25. The molecule has 1 saturated heterocycles. The third-order valence-corrected chi connectivity index (χ3v) is 4.45. The minimum absolute atomic E-state index is 0.0355. The average Bonchev–Trinajstić information content (AvgIpc) is 3.05. The maximum absolute atomic E-state index is 12.2. The molecular weight excluding hydrogens is 294 g/mol. The van der Waals surface area contributed by atoms with E-state index in [0.717, 1.165) is 18.6 Å². The summed E-state index contributed by atoms with van der Waals surface area (Å²) in [6.45, 7) is 1.25. The second-order valence-electron chi connectivity index (χ2n) is 6.22. The summed E-state index contributed by atoms with van der Waals surface area (Å²) in [7, 11) is 1.75. The molecule has 1 aromatic rings. The van der Waals surface area contributed by atoms with Crippen LogP contribution in [0.4, 0.5) is 10.5 Å². The Morgan fingerprint density at radius 3 is 2.52 bits per heavy atom. The molecule has 0 unspecified atom stereocenters. The largest absolute Gasteiger partial charge is 0.490 e. The Labute approximate surface area is 136 Å². The van der Waals surface area contributed by atoms with Gasteiger partial charge in [-0.15, -0.1) is 0 Å². The molecule has 1 heterocycles. The smallest absolute Gasteiger partial charge is 0.322 e. The molecule has 23 heavy (non-hydrogen) atoms. The number of ether oxygens (including phenoxy) is 1. The van der Waals surface area contributed by atoms with Crippen LogP contribution >= 0.6 is 0 Å². The van der Waals surface area contributed by atoms with Crippen molar-refractivity contribution in [2.75, 3.05) is 32.0 Å². The quantitative estimate of drug-likeness (QED) is 0.930. The van der Waals surface area contributed by atoms with Crippen molar-refractivity contribution in [3.05, 3.63) is 24.3 Å². The van der Waals surface area contributed by atoms with Crippen LogP contribution in [-0.4, -0.2) is 54.5 Å². The molecule has 1 N–H and O–H groups in total. The number of piperazine rings is 1. The van der Waals surface area contributed by atoms with Gasteiger partial charge in [-0.05, 0) is 49.9 Å². The number of nitrogens with one attached hydrogen (secondary N) is 1. The van der Waals surface area contributed by atoms with Crippen LogP contribution in [0.2, 0.25) is 0 Å². The summed E-state index contributed by atoms with van der Waals surface area (Å²) in [4.78, 5) is 27.0. The van der Waals surface area contributed by atoms with Gasteiger partial charge >= 0.3 is 6.03 Å². The molecule has 1 aliphatic heterocycles. The molecule has 2 fully saturated rings. The van der Waals surface area contributed by atoms with E-state index < -0.39 is 0 Å². The van der Waals surface area contributed by atoms with Crippen LogP contribution in [0.1, 0.15) is 25.7 Å². The molecule has 1 aromatic carbocycles. The van der Waals surface area contributed by atoms with Crippen molar-refractivity contribution in [2.45, 2.75) is 31.8 Å².